The van der Waals surface area contributed by atoms with Gasteiger partial charge in [-0.15, -0.1) is 10.5 Å². The molecular formula is C21H24ClN5OS. The van der Waals surface area contributed by atoms with Crippen molar-refractivity contribution in [3.05, 3.63) is 63.7 Å². The molecule has 152 valence electrons. The molecule has 0 saturated carbocycles. The topological polar surface area (TPSA) is 50.9 Å². The maximum Gasteiger partial charge on any atom is 0.217 e. The van der Waals surface area contributed by atoms with E-state index in [-0.39, 0.29) is 22.6 Å². The third-order valence-corrected chi connectivity index (χ3v) is 8.19. The number of nitrogens with zero attached hydrogens (tertiary/aromatic N) is 3. The van der Waals surface area contributed by atoms with Crippen LogP contribution in [0.25, 0.3) is 0 Å². The number of benzene rings is 1. The number of amides is 1. The molecule has 1 aromatic carbocycles. The number of allylic oxidation sites excluding steroid dienone is 2. The van der Waals surface area contributed by atoms with Crippen molar-refractivity contribution >= 4 is 38.7 Å². The monoisotopic (exact) mass is 429 g/mol. The SMILES string of the molecule is CC(=O)NCN1NCN2C3=S(C)C4=C(CC=C4)C3=CN(c3ccccc3Cl)CC12. The number of nitrogens with one attached hydrogen (secondary N) is 2. The van der Waals surface area contributed by atoms with Crippen LogP contribution in [-0.2, 0) is 4.79 Å². The summed E-state index contributed by atoms with van der Waals surface area (Å²) < 4.78 is 0. The number of carbonyl (C=O) groups is 1. The Kier molecular flexibility index (Phi) is 4.88. The summed E-state index contributed by atoms with van der Waals surface area (Å²) in [5.41, 5.74) is 7.23. The third kappa shape index (κ3) is 3.17. The molecule has 0 radical (unpaired) electrons. The average Bonchev–Trinajstić information content (AvgIpc) is 3.35. The van der Waals surface area contributed by atoms with E-state index >= 15 is 0 Å². The molecule has 2 N–H and O–H groups in total. The third-order valence-electron chi connectivity index (χ3n) is 5.79. The Morgan fingerprint density at radius 1 is 1.38 bits per heavy atom. The van der Waals surface area contributed by atoms with E-state index < -0.39 is 0 Å². The van der Waals surface area contributed by atoms with Crippen molar-refractivity contribution in [2.45, 2.75) is 19.5 Å². The van der Waals surface area contributed by atoms with Gasteiger partial charge in [0.25, 0.3) is 0 Å². The molecule has 3 aliphatic heterocycles. The van der Waals surface area contributed by atoms with Gasteiger partial charge in [0.05, 0.1) is 35.6 Å². The summed E-state index contributed by atoms with van der Waals surface area (Å²) >= 11 is 6.58. The van der Waals surface area contributed by atoms with Crippen molar-refractivity contribution in [2.24, 2.45) is 0 Å². The largest absolute Gasteiger partial charge is 0.343 e. The predicted molar refractivity (Wildman–Crippen MR) is 120 cm³/mol. The van der Waals surface area contributed by atoms with Crippen LogP contribution in [0.4, 0.5) is 5.69 Å². The predicted octanol–water partition coefficient (Wildman–Crippen LogP) is 2.80. The summed E-state index contributed by atoms with van der Waals surface area (Å²) in [4.78, 5) is 19.1. The molecule has 5 rings (SSSR count). The van der Waals surface area contributed by atoms with Crippen molar-refractivity contribution in [1.82, 2.24) is 20.7 Å². The van der Waals surface area contributed by atoms with E-state index in [0.717, 1.165) is 30.3 Å². The van der Waals surface area contributed by atoms with Crippen LogP contribution < -0.4 is 15.6 Å². The Balaban J connectivity index is 1.59. The fourth-order valence-electron chi connectivity index (χ4n) is 4.42. The number of fused-ring (bicyclic) bond motifs is 4. The first-order chi connectivity index (χ1) is 14.0. The molecule has 29 heavy (non-hydrogen) atoms. The van der Waals surface area contributed by atoms with Gasteiger partial charge in [-0.2, -0.15) is 0 Å². The van der Waals surface area contributed by atoms with E-state index in [9.17, 15) is 4.79 Å². The summed E-state index contributed by atoms with van der Waals surface area (Å²) in [7, 11) is 0.0326. The normalized spacial score (nSPS) is 26.4. The van der Waals surface area contributed by atoms with Crippen molar-refractivity contribution in [2.75, 3.05) is 31.0 Å². The van der Waals surface area contributed by atoms with Gasteiger partial charge in [0.2, 0.25) is 5.91 Å². The van der Waals surface area contributed by atoms with E-state index in [0.29, 0.717) is 6.67 Å². The van der Waals surface area contributed by atoms with Crippen LogP contribution in [0, 0.1) is 0 Å². The molecule has 1 aromatic rings. The van der Waals surface area contributed by atoms with Crippen LogP contribution >= 0.6 is 22.1 Å². The van der Waals surface area contributed by atoms with Crippen LogP contribution in [0.15, 0.2) is 58.7 Å². The molecule has 1 fully saturated rings. The molecule has 1 aliphatic carbocycles. The van der Waals surface area contributed by atoms with E-state index in [2.05, 4.69) is 56.2 Å². The van der Waals surface area contributed by atoms with E-state index in [1.54, 1.807) is 6.92 Å². The Morgan fingerprint density at radius 2 is 2.21 bits per heavy atom. The second-order valence-electron chi connectivity index (χ2n) is 7.54. The van der Waals surface area contributed by atoms with Gasteiger partial charge in [0, 0.05) is 23.6 Å². The molecule has 1 amide bonds. The van der Waals surface area contributed by atoms with Gasteiger partial charge >= 0.3 is 0 Å². The zero-order chi connectivity index (χ0) is 20.1. The Hall–Kier alpha value is -1.90. The van der Waals surface area contributed by atoms with Gasteiger partial charge in [-0.05, 0) is 30.4 Å². The maximum absolute atomic E-state index is 11.5. The van der Waals surface area contributed by atoms with E-state index in [1.807, 2.05) is 18.2 Å². The Labute approximate surface area is 178 Å². The molecule has 3 heterocycles. The minimum atomic E-state index is -0.0322. The Bertz CT molecular complexity index is 1010. The second-order valence-corrected chi connectivity index (χ2v) is 9.79. The average molecular weight is 430 g/mol. The fraction of sp³-hybridized carbons (Fsp3) is 0.333. The maximum atomic E-state index is 11.5. The van der Waals surface area contributed by atoms with E-state index in [1.165, 1.54) is 21.0 Å². The molecule has 0 bridgehead atoms. The molecule has 2 atom stereocenters. The highest BCUT2D eigenvalue weighted by Gasteiger charge is 2.42. The molecule has 6 nitrogen and oxygen atoms in total. The number of halogens is 1. The summed E-state index contributed by atoms with van der Waals surface area (Å²) in [5.74, 6) is -0.0322. The number of hydrogen-bond donors (Lipinski definition) is 2. The van der Waals surface area contributed by atoms with Crippen LogP contribution in [0.3, 0.4) is 0 Å². The number of rotatable bonds is 3. The minimum absolute atomic E-state index is 0.0322. The number of anilines is 1. The second kappa shape index (κ2) is 7.41. The van der Waals surface area contributed by atoms with Gasteiger partial charge in [0.1, 0.15) is 6.17 Å². The van der Waals surface area contributed by atoms with Crippen molar-refractivity contribution in [3.63, 3.8) is 0 Å². The molecule has 2 unspecified atom stereocenters. The van der Waals surface area contributed by atoms with Gasteiger partial charge in [-0.1, -0.05) is 35.9 Å². The molecule has 0 aromatic heterocycles. The fourth-order valence-corrected chi connectivity index (χ4v) is 6.78. The summed E-state index contributed by atoms with van der Waals surface area (Å²) in [6, 6.07) is 7.99. The first-order valence-electron chi connectivity index (χ1n) is 9.72. The van der Waals surface area contributed by atoms with Gasteiger partial charge in [-0.3, -0.25) is 4.79 Å². The zero-order valence-electron chi connectivity index (χ0n) is 16.5. The lowest BCUT2D eigenvalue weighted by molar-refractivity contribution is -0.119. The highest BCUT2D eigenvalue weighted by atomic mass is 35.5. The van der Waals surface area contributed by atoms with Crippen LogP contribution in [0.2, 0.25) is 5.02 Å². The first-order valence-corrected chi connectivity index (χ1v) is 11.7. The van der Waals surface area contributed by atoms with Crippen LogP contribution in [0.5, 0.6) is 0 Å². The number of hydrazine groups is 1. The summed E-state index contributed by atoms with van der Waals surface area (Å²) in [5, 5.41) is 5.78. The lowest BCUT2D eigenvalue weighted by atomic mass is 10.1. The number of hydrogen-bond acceptors (Lipinski definition) is 5. The molecule has 8 heteroatoms. The summed E-state index contributed by atoms with van der Waals surface area (Å²) in [6.45, 7) is 3.48. The van der Waals surface area contributed by atoms with Crippen molar-refractivity contribution in [3.8, 4) is 0 Å². The zero-order valence-corrected chi connectivity index (χ0v) is 18.1. The standard InChI is InChI=1S/C21H24ClN5OS/c1-14(28)23-12-27-20-11-25(18-8-4-3-7-17(18)22)10-16-15-6-5-9-19(15)29(2)21(16)26(20)13-24-27/h3-5,7-10,20,24H,6,11-13H2,1-2H3,(H,23,28). The minimum Gasteiger partial charge on any atom is -0.343 e. The highest BCUT2D eigenvalue weighted by molar-refractivity contribution is 8.19. The number of carbonyl (C=O) groups excluding carboxylic acids is 1. The lowest BCUT2D eigenvalue weighted by Crippen LogP contribution is -2.51. The first kappa shape index (κ1) is 19.1. The van der Waals surface area contributed by atoms with Crippen molar-refractivity contribution in [1.29, 1.82) is 0 Å². The molecular weight excluding hydrogens is 406 g/mol. The van der Waals surface area contributed by atoms with Crippen LogP contribution in [0.1, 0.15) is 13.3 Å². The highest BCUT2D eigenvalue weighted by Crippen LogP contribution is 2.48. The van der Waals surface area contributed by atoms with Gasteiger partial charge < -0.3 is 10.2 Å². The van der Waals surface area contributed by atoms with Gasteiger partial charge in [-0.25, -0.2) is 15.3 Å². The van der Waals surface area contributed by atoms with Gasteiger partial charge in [0.15, 0.2) is 0 Å². The Morgan fingerprint density at radius 3 is 3.00 bits per heavy atom. The molecule has 0 spiro atoms. The quantitative estimate of drug-likeness (QED) is 0.723. The molecule has 1 saturated heterocycles. The van der Waals surface area contributed by atoms with E-state index in [4.69, 9.17) is 11.6 Å². The van der Waals surface area contributed by atoms with Crippen LogP contribution in [-0.4, -0.2) is 53.1 Å². The van der Waals surface area contributed by atoms with Crippen molar-refractivity contribution < 1.29 is 4.79 Å². The molecule has 4 aliphatic rings. The summed E-state index contributed by atoms with van der Waals surface area (Å²) in [6.07, 6.45) is 10.2. The lowest BCUT2D eigenvalue weighted by Gasteiger charge is -2.32. The number of para-hydroxylation sites is 1. The smallest absolute Gasteiger partial charge is 0.217 e.